The van der Waals surface area contributed by atoms with Crippen LogP contribution in [0.15, 0.2) is 0 Å². The maximum Gasteiger partial charge on any atom is 0.181 e. The van der Waals surface area contributed by atoms with E-state index >= 15 is 0 Å². The van der Waals surface area contributed by atoms with Crippen molar-refractivity contribution in [1.29, 1.82) is 0 Å². The summed E-state index contributed by atoms with van der Waals surface area (Å²) in [4.78, 5) is 2.38. The lowest BCUT2D eigenvalue weighted by atomic mass is 10.0. The lowest BCUT2D eigenvalue weighted by molar-refractivity contribution is -0.191. The molecule has 2 saturated heterocycles. The van der Waals surface area contributed by atoms with Gasteiger partial charge >= 0.3 is 0 Å². The van der Waals surface area contributed by atoms with Crippen LogP contribution in [0.25, 0.3) is 0 Å². The molecule has 2 rings (SSSR count). The van der Waals surface area contributed by atoms with E-state index < -0.39 is 0 Å². The molecule has 15 heavy (non-hydrogen) atoms. The van der Waals surface area contributed by atoms with Gasteiger partial charge in [-0.2, -0.15) is 0 Å². The van der Waals surface area contributed by atoms with E-state index in [0.29, 0.717) is 0 Å². The Hall–Kier alpha value is -0.160. The molecular weight excluding hydrogens is 194 g/mol. The third-order valence-corrected chi connectivity index (χ3v) is 3.23. The summed E-state index contributed by atoms with van der Waals surface area (Å²) >= 11 is 0. The topological polar surface area (TPSA) is 30.9 Å². The lowest BCUT2D eigenvalue weighted by Gasteiger charge is -2.39. The first-order valence-corrected chi connectivity index (χ1v) is 5.77. The number of piperidine rings is 1. The summed E-state index contributed by atoms with van der Waals surface area (Å²) in [7, 11) is 1.76. The zero-order chi connectivity index (χ0) is 10.7. The van der Waals surface area contributed by atoms with Crippen molar-refractivity contribution < 1.29 is 14.2 Å². The summed E-state index contributed by atoms with van der Waals surface area (Å²) in [6.07, 6.45) is 2.46. The predicted octanol–water partition coefficient (Wildman–Crippen LogP) is 0.860. The summed E-state index contributed by atoms with van der Waals surface area (Å²) in [5.41, 5.74) is 0. The lowest BCUT2D eigenvalue weighted by Crippen LogP contribution is -2.50. The molecule has 0 aromatic heterocycles. The monoisotopic (exact) mass is 215 g/mol. The van der Waals surface area contributed by atoms with Gasteiger partial charge in [0.25, 0.3) is 0 Å². The van der Waals surface area contributed by atoms with Crippen LogP contribution >= 0.6 is 0 Å². The second-order valence-electron chi connectivity index (χ2n) is 4.49. The zero-order valence-corrected chi connectivity index (χ0v) is 9.70. The molecule has 1 unspecified atom stereocenters. The van der Waals surface area contributed by atoms with E-state index in [0.717, 1.165) is 45.7 Å². The number of nitrogens with zero attached hydrogens (tertiary/aromatic N) is 1. The van der Waals surface area contributed by atoms with Crippen molar-refractivity contribution in [3.63, 3.8) is 0 Å². The van der Waals surface area contributed by atoms with Crippen LogP contribution in [0.3, 0.4) is 0 Å². The second-order valence-corrected chi connectivity index (χ2v) is 4.49. The maximum absolute atomic E-state index is 5.72. The third kappa shape index (κ3) is 2.69. The molecular formula is C11H21NO3. The maximum atomic E-state index is 5.72. The highest BCUT2D eigenvalue weighted by Crippen LogP contribution is 2.29. The van der Waals surface area contributed by atoms with Crippen molar-refractivity contribution in [2.24, 2.45) is 0 Å². The number of methoxy groups -OCH3 is 1. The minimum Gasteiger partial charge on any atom is -0.380 e. The average Bonchev–Trinajstić information content (AvgIpc) is 2.66. The van der Waals surface area contributed by atoms with E-state index in [1.54, 1.807) is 7.11 Å². The van der Waals surface area contributed by atoms with Crippen LogP contribution in [-0.4, -0.2) is 56.7 Å². The molecule has 2 aliphatic rings. The van der Waals surface area contributed by atoms with Crippen LogP contribution in [0.5, 0.6) is 0 Å². The van der Waals surface area contributed by atoms with E-state index in [1.165, 1.54) is 0 Å². The van der Waals surface area contributed by atoms with E-state index in [9.17, 15) is 0 Å². The van der Waals surface area contributed by atoms with Crippen LogP contribution in [0, 0.1) is 0 Å². The summed E-state index contributed by atoms with van der Waals surface area (Å²) in [6, 6.07) is 0. The summed E-state index contributed by atoms with van der Waals surface area (Å²) in [5, 5.41) is 0. The zero-order valence-electron chi connectivity index (χ0n) is 9.70. The van der Waals surface area contributed by atoms with Crippen LogP contribution in [0.2, 0.25) is 0 Å². The number of hydrogen-bond acceptors (Lipinski definition) is 4. The molecule has 0 saturated carbocycles. The van der Waals surface area contributed by atoms with Gasteiger partial charge in [-0.05, 0) is 19.9 Å². The normalized spacial score (nSPS) is 28.4. The number of ether oxygens (including phenoxy) is 3. The van der Waals surface area contributed by atoms with Gasteiger partial charge in [0.1, 0.15) is 0 Å². The molecule has 0 radical (unpaired) electrons. The van der Waals surface area contributed by atoms with Gasteiger partial charge < -0.3 is 14.2 Å². The van der Waals surface area contributed by atoms with Crippen molar-refractivity contribution in [2.45, 2.75) is 31.7 Å². The van der Waals surface area contributed by atoms with Crippen molar-refractivity contribution >= 4 is 0 Å². The smallest absolute Gasteiger partial charge is 0.181 e. The minimum atomic E-state index is -0.300. The van der Waals surface area contributed by atoms with E-state index in [2.05, 4.69) is 11.8 Å². The summed E-state index contributed by atoms with van der Waals surface area (Å²) in [6.45, 7) is 6.56. The Morgan fingerprint density at radius 3 is 2.80 bits per heavy atom. The molecule has 1 spiro atoms. The van der Waals surface area contributed by atoms with Gasteiger partial charge in [-0.15, -0.1) is 0 Å². The highest BCUT2D eigenvalue weighted by atomic mass is 16.7. The Morgan fingerprint density at radius 1 is 1.40 bits per heavy atom. The molecule has 0 N–H and O–H groups in total. The fourth-order valence-electron chi connectivity index (χ4n) is 2.40. The predicted molar refractivity (Wildman–Crippen MR) is 56.8 cm³/mol. The molecule has 0 aromatic rings. The first-order chi connectivity index (χ1) is 7.24. The van der Waals surface area contributed by atoms with Crippen LogP contribution in [0.4, 0.5) is 0 Å². The SMILES string of the molecule is COC(C)CN1CCCC2(C1)OCCO2. The molecule has 0 aliphatic carbocycles. The Balaban J connectivity index is 1.86. The van der Waals surface area contributed by atoms with Gasteiger partial charge in [0.05, 0.1) is 25.9 Å². The van der Waals surface area contributed by atoms with Gasteiger partial charge in [0.15, 0.2) is 5.79 Å². The molecule has 1 atom stereocenters. The molecule has 2 fully saturated rings. The number of hydrogen-bond donors (Lipinski definition) is 0. The van der Waals surface area contributed by atoms with Crippen molar-refractivity contribution in [1.82, 2.24) is 4.90 Å². The molecule has 0 amide bonds. The van der Waals surface area contributed by atoms with Crippen LogP contribution in [-0.2, 0) is 14.2 Å². The molecule has 4 nitrogen and oxygen atoms in total. The molecule has 2 heterocycles. The van der Waals surface area contributed by atoms with Crippen molar-refractivity contribution in [3.8, 4) is 0 Å². The van der Waals surface area contributed by atoms with Gasteiger partial charge in [0.2, 0.25) is 0 Å². The largest absolute Gasteiger partial charge is 0.380 e. The third-order valence-electron chi connectivity index (χ3n) is 3.23. The standard InChI is InChI=1S/C11H21NO3/c1-10(13-2)8-12-5-3-4-11(9-12)14-6-7-15-11/h10H,3-9H2,1-2H3. The molecule has 2 aliphatic heterocycles. The first-order valence-electron chi connectivity index (χ1n) is 5.77. The Kier molecular flexibility index (Phi) is 3.61. The van der Waals surface area contributed by atoms with Crippen LogP contribution < -0.4 is 0 Å². The van der Waals surface area contributed by atoms with Crippen LogP contribution in [0.1, 0.15) is 19.8 Å². The summed E-state index contributed by atoms with van der Waals surface area (Å²) in [5.74, 6) is -0.300. The van der Waals surface area contributed by atoms with Gasteiger partial charge in [0, 0.05) is 20.1 Å². The fourth-order valence-corrected chi connectivity index (χ4v) is 2.40. The van der Waals surface area contributed by atoms with E-state index in [4.69, 9.17) is 14.2 Å². The second kappa shape index (κ2) is 4.78. The Morgan fingerprint density at radius 2 is 2.13 bits per heavy atom. The molecule has 88 valence electrons. The Labute approximate surface area is 91.5 Å². The van der Waals surface area contributed by atoms with E-state index in [-0.39, 0.29) is 11.9 Å². The highest BCUT2D eigenvalue weighted by Gasteiger charge is 2.40. The molecule has 0 aromatic carbocycles. The average molecular weight is 215 g/mol. The van der Waals surface area contributed by atoms with Gasteiger partial charge in [-0.1, -0.05) is 0 Å². The fraction of sp³-hybridized carbons (Fsp3) is 1.00. The molecule has 4 heteroatoms. The van der Waals surface area contributed by atoms with Crippen molar-refractivity contribution in [2.75, 3.05) is 40.0 Å². The molecule has 0 bridgehead atoms. The van der Waals surface area contributed by atoms with Crippen molar-refractivity contribution in [3.05, 3.63) is 0 Å². The number of likely N-dealkylation sites (tertiary alicyclic amines) is 1. The highest BCUT2D eigenvalue weighted by molar-refractivity contribution is 4.84. The minimum absolute atomic E-state index is 0.279. The number of rotatable bonds is 3. The quantitative estimate of drug-likeness (QED) is 0.698. The Bertz CT molecular complexity index is 204. The first kappa shape index (κ1) is 11.3. The van der Waals surface area contributed by atoms with Gasteiger partial charge in [-0.3, -0.25) is 4.90 Å². The van der Waals surface area contributed by atoms with Gasteiger partial charge in [-0.25, -0.2) is 0 Å². The van der Waals surface area contributed by atoms with E-state index in [1.807, 2.05) is 0 Å². The summed E-state index contributed by atoms with van der Waals surface area (Å²) < 4.78 is 16.7.